The quantitative estimate of drug-likeness (QED) is 0.853. The first-order valence-electron chi connectivity index (χ1n) is 7.69. The van der Waals surface area contributed by atoms with Gasteiger partial charge in [0.25, 0.3) is 0 Å². The minimum Gasteiger partial charge on any atom is -0.391 e. The van der Waals surface area contributed by atoms with Crippen molar-refractivity contribution in [3.63, 3.8) is 0 Å². The van der Waals surface area contributed by atoms with Crippen LogP contribution in [-0.2, 0) is 6.54 Å². The van der Waals surface area contributed by atoms with Crippen LogP contribution in [-0.4, -0.2) is 40.3 Å². The average Bonchev–Trinajstić information content (AvgIpc) is 3.30. The molecule has 3 rings (SSSR count). The zero-order chi connectivity index (χ0) is 13.9. The molecule has 0 amide bonds. The number of rotatable bonds is 5. The fourth-order valence-corrected chi connectivity index (χ4v) is 2.86. The summed E-state index contributed by atoms with van der Waals surface area (Å²) in [7, 11) is 1.98. The highest BCUT2D eigenvalue weighted by Gasteiger charge is 2.28. The fourth-order valence-electron chi connectivity index (χ4n) is 2.86. The van der Waals surface area contributed by atoms with E-state index < -0.39 is 0 Å². The van der Waals surface area contributed by atoms with Gasteiger partial charge in [-0.3, -0.25) is 0 Å². The Morgan fingerprint density at radius 2 is 1.90 bits per heavy atom. The summed E-state index contributed by atoms with van der Waals surface area (Å²) in [5.41, 5.74) is 1.12. The van der Waals surface area contributed by atoms with E-state index in [4.69, 9.17) is 0 Å². The molecule has 20 heavy (non-hydrogen) atoms. The predicted molar refractivity (Wildman–Crippen MR) is 78.6 cm³/mol. The first kappa shape index (κ1) is 13.8. The van der Waals surface area contributed by atoms with E-state index in [1.807, 2.05) is 24.3 Å². The van der Waals surface area contributed by atoms with Crippen molar-refractivity contribution in [1.29, 1.82) is 0 Å². The fraction of sp³-hybridized carbons (Fsp3) is 0.733. The molecular formula is C15H24N4O. The predicted octanol–water partition coefficient (Wildman–Crippen LogP) is 1.47. The Balaban J connectivity index is 1.60. The summed E-state index contributed by atoms with van der Waals surface area (Å²) in [6.07, 6.45) is 10.3. The van der Waals surface area contributed by atoms with E-state index in [1.54, 1.807) is 0 Å². The van der Waals surface area contributed by atoms with E-state index in [1.165, 1.54) is 19.3 Å². The van der Waals surface area contributed by atoms with Crippen molar-refractivity contribution in [1.82, 2.24) is 15.3 Å². The monoisotopic (exact) mass is 276 g/mol. The zero-order valence-corrected chi connectivity index (χ0v) is 12.1. The number of likely N-dealkylation sites (N-methyl/N-ethyl adjacent to an activating group) is 1. The van der Waals surface area contributed by atoms with Gasteiger partial charge in [0, 0.05) is 37.6 Å². The van der Waals surface area contributed by atoms with Crippen LogP contribution < -0.4 is 10.2 Å². The first-order valence-corrected chi connectivity index (χ1v) is 7.69. The van der Waals surface area contributed by atoms with Crippen molar-refractivity contribution < 1.29 is 5.11 Å². The van der Waals surface area contributed by atoms with Gasteiger partial charge in [-0.05, 0) is 25.7 Å². The maximum Gasteiger partial charge on any atom is 0.225 e. The molecule has 2 N–H and O–H groups in total. The number of nitrogens with one attached hydrogen (secondary N) is 1. The molecule has 5 nitrogen and oxygen atoms in total. The molecule has 2 fully saturated rings. The van der Waals surface area contributed by atoms with Crippen molar-refractivity contribution in [2.45, 2.75) is 63.3 Å². The van der Waals surface area contributed by atoms with E-state index in [-0.39, 0.29) is 12.1 Å². The van der Waals surface area contributed by atoms with Gasteiger partial charge in [0.2, 0.25) is 5.95 Å². The number of anilines is 1. The molecular weight excluding hydrogens is 252 g/mol. The second-order valence-electron chi connectivity index (χ2n) is 6.08. The van der Waals surface area contributed by atoms with Crippen LogP contribution in [0.25, 0.3) is 0 Å². The lowest BCUT2D eigenvalue weighted by atomic mass is 9.92. The largest absolute Gasteiger partial charge is 0.391 e. The topological polar surface area (TPSA) is 61.3 Å². The number of hydrogen-bond acceptors (Lipinski definition) is 5. The highest BCUT2D eigenvalue weighted by Crippen LogP contribution is 2.24. The third-order valence-corrected chi connectivity index (χ3v) is 4.37. The summed E-state index contributed by atoms with van der Waals surface area (Å²) in [6.45, 7) is 0.848. The molecule has 0 aliphatic heterocycles. The number of nitrogens with zero attached hydrogens (tertiary/aromatic N) is 3. The number of aliphatic hydroxyl groups is 1. The van der Waals surface area contributed by atoms with Gasteiger partial charge < -0.3 is 15.3 Å². The lowest BCUT2D eigenvalue weighted by Gasteiger charge is -2.35. The second kappa shape index (κ2) is 6.06. The molecule has 2 atom stereocenters. The van der Waals surface area contributed by atoms with Crippen LogP contribution in [0.4, 0.5) is 5.95 Å². The van der Waals surface area contributed by atoms with Gasteiger partial charge in [0.05, 0.1) is 12.1 Å². The highest BCUT2D eigenvalue weighted by atomic mass is 16.3. The Kier molecular flexibility index (Phi) is 4.17. The summed E-state index contributed by atoms with van der Waals surface area (Å²) >= 11 is 0. The number of aliphatic hydroxyl groups excluding tert-OH is 1. The Morgan fingerprint density at radius 1 is 1.20 bits per heavy atom. The highest BCUT2D eigenvalue weighted by molar-refractivity contribution is 5.31. The van der Waals surface area contributed by atoms with Gasteiger partial charge in [-0.1, -0.05) is 12.8 Å². The van der Waals surface area contributed by atoms with E-state index in [9.17, 15) is 5.11 Å². The maximum atomic E-state index is 10.1. The minimum absolute atomic E-state index is 0.152. The van der Waals surface area contributed by atoms with Crippen LogP contribution in [0, 0.1) is 0 Å². The molecule has 1 aromatic heterocycles. The van der Waals surface area contributed by atoms with Crippen molar-refractivity contribution >= 4 is 5.95 Å². The number of aromatic nitrogens is 2. The standard InChI is InChI=1S/C15H24N4O/c1-19(13-4-2-3-5-14(13)20)15-17-9-11(10-18-15)8-16-12-6-7-12/h9-10,12-14,16,20H,2-8H2,1H3. The van der Waals surface area contributed by atoms with Crippen molar-refractivity contribution in [3.8, 4) is 0 Å². The summed E-state index contributed by atoms with van der Waals surface area (Å²) < 4.78 is 0. The lowest BCUT2D eigenvalue weighted by molar-refractivity contribution is 0.105. The molecule has 1 heterocycles. The van der Waals surface area contributed by atoms with Gasteiger partial charge in [-0.15, -0.1) is 0 Å². The first-order chi connectivity index (χ1) is 9.74. The summed E-state index contributed by atoms with van der Waals surface area (Å²) in [5.74, 6) is 0.714. The molecule has 5 heteroatoms. The SMILES string of the molecule is CN(c1ncc(CNC2CC2)cn1)C1CCCCC1O. The Morgan fingerprint density at radius 3 is 2.55 bits per heavy atom. The summed E-state index contributed by atoms with van der Waals surface area (Å²) in [4.78, 5) is 10.9. The van der Waals surface area contributed by atoms with Crippen molar-refractivity contribution in [2.24, 2.45) is 0 Å². The molecule has 0 spiro atoms. The van der Waals surface area contributed by atoms with Gasteiger partial charge in [0.15, 0.2) is 0 Å². The van der Waals surface area contributed by atoms with Gasteiger partial charge in [-0.25, -0.2) is 9.97 Å². The average molecular weight is 276 g/mol. The van der Waals surface area contributed by atoms with E-state index in [0.29, 0.717) is 12.0 Å². The van der Waals surface area contributed by atoms with Crippen LogP contribution in [0.3, 0.4) is 0 Å². The normalized spacial score (nSPS) is 26.5. The van der Waals surface area contributed by atoms with E-state index in [0.717, 1.165) is 31.4 Å². The minimum atomic E-state index is -0.256. The maximum absolute atomic E-state index is 10.1. The van der Waals surface area contributed by atoms with Gasteiger partial charge in [-0.2, -0.15) is 0 Å². The molecule has 0 aromatic carbocycles. The Bertz CT molecular complexity index is 432. The summed E-state index contributed by atoms with van der Waals surface area (Å²) in [5, 5.41) is 13.6. The van der Waals surface area contributed by atoms with Crippen LogP contribution >= 0.6 is 0 Å². The third kappa shape index (κ3) is 3.27. The third-order valence-electron chi connectivity index (χ3n) is 4.37. The molecule has 110 valence electrons. The molecule has 0 radical (unpaired) electrons. The Labute approximate surface area is 120 Å². The van der Waals surface area contributed by atoms with E-state index >= 15 is 0 Å². The van der Waals surface area contributed by atoms with Crippen LogP contribution in [0.2, 0.25) is 0 Å². The molecule has 2 aliphatic carbocycles. The van der Waals surface area contributed by atoms with Crippen LogP contribution in [0.5, 0.6) is 0 Å². The molecule has 2 unspecified atom stereocenters. The van der Waals surface area contributed by atoms with Crippen LogP contribution in [0.15, 0.2) is 12.4 Å². The Hall–Kier alpha value is -1.20. The van der Waals surface area contributed by atoms with Gasteiger partial charge in [0.1, 0.15) is 0 Å². The lowest BCUT2D eigenvalue weighted by Crippen LogP contribution is -2.44. The summed E-state index contributed by atoms with van der Waals surface area (Å²) in [6, 6.07) is 0.855. The zero-order valence-electron chi connectivity index (χ0n) is 12.1. The molecule has 2 saturated carbocycles. The van der Waals surface area contributed by atoms with Gasteiger partial charge >= 0.3 is 0 Å². The molecule has 0 bridgehead atoms. The second-order valence-corrected chi connectivity index (χ2v) is 6.08. The number of hydrogen-bond donors (Lipinski definition) is 2. The molecule has 2 aliphatic rings. The molecule has 0 saturated heterocycles. The van der Waals surface area contributed by atoms with E-state index in [2.05, 4.69) is 15.3 Å². The molecule has 1 aromatic rings. The van der Waals surface area contributed by atoms with Crippen LogP contribution in [0.1, 0.15) is 44.1 Å². The van der Waals surface area contributed by atoms with Crippen molar-refractivity contribution in [3.05, 3.63) is 18.0 Å². The van der Waals surface area contributed by atoms with Crippen molar-refractivity contribution in [2.75, 3.05) is 11.9 Å². The smallest absolute Gasteiger partial charge is 0.225 e.